The molecule has 0 spiro atoms. The molecule has 30 heavy (non-hydrogen) atoms. The van der Waals surface area contributed by atoms with Gasteiger partial charge in [-0.1, -0.05) is 67.6 Å². The van der Waals surface area contributed by atoms with Gasteiger partial charge < -0.3 is 5.32 Å². The van der Waals surface area contributed by atoms with Gasteiger partial charge in [0.25, 0.3) is 0 Å². The van der Waals surface area contributed by atoms with Crippen LogP contribution in [-0.2, 0) is 11.2 Å². The number of anilines is 1. The van der Waals surface area contributed by atoms with Crippen molar-refractivity contribution in [1.29, 1.82) is 0 Å². The maximum atomic E-state index is 12.5. The normalized spacial score (nSPS) is 11.0. The molecule has 4 aromatic rings. The average molecular weight is 434 g/mol. The first-order valence-corrected chi connectivity index (χ1v) is 11.9. The maximum absolute atomic E-state index is 12.5. The van der Waals surface area contributed by atoms with Crippen molar-refractivity contribution >= 4 is 44.9 Å². The van der Waals surface area contributed by atoms with Crippen LogP contribution in [-0.4, -0.2) is 21.6 Å². The number of thiophene rings is 1. The monoisotopic (exact) mass is 433 g/mol. The summed E-state index contributed by atoms with van der Waals surface area (Å²) in [5.41, 5.74) is 4.38. The van der Waals surface area contributed by atoms with Gasteiger partial charge in [0, 0.05) is 16.6 Å². The molecule has 2 heterocycles. The van der Waals surface area contributed by atoms with E-state index in [9.17, 15) is 4.79 Å². The van der Waals surface area contributed by atoms with Gasteiger partial charge in [0.2, 0.25) is 5.91 Å². The lowest BCUT2D eigenvalue weighted by Crippen LogP contribution is -2.14. The van der Waals surface area contributed by atoms with Gasteiger partial charge in [-0.3, -0.25) is 4.79 Å². The van der Waals surface area contributed by atoms with E-state index in [-0.39, 0.29) is 5.91 Å². The van der Waals surface area contributed by atoms with E-state index in [1.807, 2.05) is 30.3 Å². The number of carbonyl (C=O) groups is 1. The highest BCUT2D eigenvalue weighted by Crippen LogP contribution is 2.37. The van der Waals surface area contributed by atoms with Crippen molar-refractivity contribution in [3.63, 3.8) is 0 Å². The maximum Gasteiger partial charge on any atom is 0.234 e. The Morgan fingerprint density at radius 1 is 1.07 bits per heavy atom. The number of carbonyl (C=O) groups excluding carboxylic acids is 1. The summed E-state index contributed by atoms with van der Waals surface area (Å²) < 4.78 is 0. The zero-order chi connectivity index (χ0) is 20.8. The van der Waals surface area contributed by atoms with Crippen molar-refractivity contribution in [2.24, 2.45) is 0 Å². The zero-order valence-corrected chi connectivity index (χ0v) is 18.4. The molecular formula is C24H23N3OS2. The summed E-state index contributed by atoms with van der Waals surface area (Å²) in [6.07, 6.45) is 5.02. The fourth-order valence-electron chi connectivity index (χ4n) is 3.25. The van der Waals surface area contributed by atoms with Crippen molar-refractivity contribution < 1.29 is 4.79 Å². The van der Waals surface area contributed by atoms with Crippen LogP contribution in [0.2, 0.25) is 0 Å². The molecule has 6 heteroatoms. The molecule has 152 valence electrons. The predicted molar refractivity (Wildman–Crippen MR) is 127 cm³/mol. The summed E-state index contributed by atoms with van der Waals surface area (Å²) in [5, 5.41) is 6.95. The second kappa shape index (κ2) is 9.87. The molecule has 0 saturated carbocycles. The minimum atomic E-state index is -0.0374. The molecule has 0 aliphatic carbocycles. The van der Waals surface area contributed by atoms with Gasteiger partial charge in [0.05, 0.1) is 11.1 Å². The Morgan fingerprint density at radius 3 is 2.63 bits per heavy atom. The van der Waals surface area contributed by atoms with E-state index < -0.39 is 0 Å². The molecule has 1 N–H and O–H groups in total. The number of nitrogens with zero attached hydrogens (tertiary/aromatic N) is 2. The van der Waals surface area contributed by atoms with Crippen LogP contribution >= 0.6 is 23.1 Å². The Morgan fingerprint density at radius 2 is 1.87 bits per heavy atom. The molecule has 2 aromatic carbocycles. The number of rotatable bonds is 8. The molecular weight excluding hydrogens is 410 g/mol. The number of fused-ring (bicyclic) bond motifs is 1. The second-order valence-electron chi connectivity index (χ2n) is 7.01. The highest BCUT2D eigenvalue weighted by atomic mass is 32.2. The molecule has 0 atom stereocenters. The van der Waals surface area contributed by atoms with E-state index in [1.54, 1.807) is 17.7 Å². The van der Waals surface area contributed by atoms with Crippen LogP contribution < -0.4 is 5.32 Å². The van der Waals surface area contributed by atoms with E-state index in [2.05, 4.69) is 51.9 Å². The molecule has 0 saturated heterocycles. The number of aromatic nitrogens is 2. The van der Waals surface area contributed by atoms with Crippen LogP contribution in [0.5, 0.6) is 0 Å². The molecule has 0 bridgehead atoms. The summed E-state index contributed by atoms with van der Waals surface area (Å²) in [6, 6.07) is 18.3. The highest BCUT2D eigenvalue weighted by Gasteiger charge is 2.14. The topological polar surface area (TPSA) is 54.9 Å². The third-order valence-electron chi connectivity index (χ3n) is 4.82. The summed E-state index contributed by atoms with van der Waals surface area (Å²) >= 11 is 3.05. The van der Waals surface area contributed by atoms with Gasteiger partial charge in [-0.05, 0) is 36.1 Å². The Balaban J connectivity index is 1.45. The molecule has 0 aliphatic rings. The smallest absolute Gasteiger partial charge is 0.234 e. The minimum absolute atomic E-state index is 0.0374. The van der Waals surface area contributed by atoms with Gasteiger partial charge in [-0.2, -0.15) is 0 Å². The summed E-state index contributed by atoms with van der Waals surface area (Å²) in [4.78, 5) is 22.3. The summed E-state index contributed by atoms with van der Waals surface area (Å²) in [7, 11) is 0. The van der Waals surface area contributed by atoms with Crippen LogP contribution in [0.4, 0.5) is 5.69 Å². The van der Waals surface area contributed by atoms with E-state index in [0.717, 1.165) is 38.5 Å². The van der Waals surface area contributed by atoms with Gasteiger partial charge in [0.1, 0.15) is 16.2 Å². The molecule has 0 radical (unpaired) electrons. The second-order valence-corrected chi connectivity index (χ2v) is 8.83. The minimum Gasteiger partial charge on any atom is -0.325 e. The van der Waals surface area contributed by atoms with Crippen molar-refractivity contribution in [3.05, 3.63) is 71.9 Å². The highest BCUT2D eigenvalue weighted by molar-refractivity contribution is 8.00. The fraction of sp³-hybridized carbons (Fsp3) is 0.208. The van der Waals surface area contributed by atoms with Gasteiger partial charge >= 0.3 is 0 Å². The predicted octanol–water partition coefficient (Wildman–Crippen LogP) is 6.43. The Labute approximate surface area is 184 Å². The number of benzene rings is 2. The quantitative estimate of drug-likeness (QED) is 0.257. The Bertz CT molecular complexity index is 1120. The fourth-order valence-corrected chi connectivity index (χ4v) is 5.05. The lowest BCUT2D eigenvalue weighted by atomic mass is 10.1. The first kappa shape index (κ1) is 20.6. The molecule has 4 rings (SSSR count). The number of unbranched alkanes of at least 4 members (excludes halogenated alkanes) is 1. The number of aryl methyl sites for hydroxylation is 1. The standard InChI is InChI=1S/C24H23N3OS2/c1-2-3-7-17-10-12-19(13-11-17)27-21(28)15-30-24-22-20(18-8-5-4-6-9-18)14-29-23(22)25-16-26-24/h4-6,8-14,16H,2-3,7,15H2,1H3,(H,27,28). The van der Waals surface area contributed by atoms with Crippen molar-refractivity contribution in [2.45, 2.75) is 31.2 Å². The van der Waals surface area contributed by atoms with Gasteiger partial charge in [0.15, 0.2) is 0 Å². The molecule has 1 amide bonds. The van der Waals surface area contributed by atoms with Crippen molar-refractivity contribution in [2.75, 3.05) is 11.1 Å². The number of nitrogens with one attached hydrogen (secondary N) is 1. The third-order valence-corrected chi connectivity index (χ3v) is 6.69. The van der Waals surface area contributed by atoms with Gasteiger partial charge in [-0.25, -0.2) is 9.97 Å². The first-order valence-electron chi connectivity index (χ1n) is 10.0. The third kappa shape index (κ3) is 4.89. The van der Waals surface area contributed by atoms with Crippen LogP contribution in [0.1, 0.15) is 25.3 Å². The summed E-state index contributed by atoms with van der Waals surface area (Å²) in [5.74, 6) is 0.262. The average Bonchev–Trinajstić information content (AvgIpc) is 3.23. The molecule has 4 nitrogen and oxygen atoms in total. The largest absolute Gasteiger partial charge is 0.325 e. The number of hydrogen-bond acceptors (Lipinski definition) is 5. The van der Waals surface area contributed by atoms with E-state index in [4.69, 9.17) is 0 Å². The lowest BCUT2D eigenvalue weighted by molar-refractivity contribution is -0.113. The molecule has 2 aromatic heterocycles. The lowest BCUT2D eigenvalue weighted by Gasteiger charge is -2.08. The van der Waals surface area contributed by atoms with Gasteiger partial charge in [-0.15, -0.1) is 11.3 Å². The number of thioether (sulfide) groups is 1. The molecule has 0 fully saturated rings. The van der Waals surface area contributed by atoms with E-state index in [0.29, 0.717) is 5.75 Å². The molecule has 0 aliphatic heterocycles. The van der Waals surface area contributed by atoms with Crippen LogP contribution in [0, 0.1) is 0 Å². The van der Waals surface area contributed by atoms with Crippen molar-refractivity contribution in [1.82, 2.24) is 9.97 Å². The summed E-state index contributed by atoms with van der Waals surface area (Å²) in [6.45, 7) is 2.19. The van der Waals surface area contributed by atoms with Crippen LogP contribution in [0.3, 0.4) is 0 Å². The van der Waals surface area contributed by atoms with Crippen molar-refractivity contribution in [3.8, 4) is 11.1 Å². The SMILES string of the molecule is CCCCc1ccc(NC(=O)CSc2ncnc3scc(-c4ccccc4)c23)cc1. The van der Waals surface area contributed by atoms with Crippen LogP contribution in [0.15, 0.2) is 71.3 Å². The molecule has 0 unspecified atom stereocenters. The zero-order valence-electron chi connectivity index (χ0n) is 16.8. The number of hydrogen-bond donors (Lipinski definition) is 1. The van der Waals surface area contributed by atoms with E-state index >= 15 is 0 Å². The Kier molecular flexibility index (Phi) is 6.77. The number of amides is 1. The first-order chi connectivity index (χ1) is 14.7. The van der Waals surface area contributed by atoms with E-state index in [1.165, 1.54) is 30.2 Å². The van der Waals surface area contributed by atoms with Crippen LogP contribution in [0.25, 0.3) is 21.3 Å². The Hall–Kier alpha value is -2.70.